The number of hydrogen-bond acceptors (Lipinski definition) is 4. The van der Waals surface area contributed by atoms with Crippen molar-refractivity contribution in [2.45, 2.75) is 33.2 Å². The molecule has 0 spiro atoms. The van der Waals surface area contributed by atoms with Crippen LogP contribution in [0.3, 0.4) is 0 Å². The maximum atomic E-state index is 12.0. The Labute approximate surface area is 152 Å². The third-order valence-electron chi connectivity index (χ3n) is 4.96. The zero-order valence-electron chi connectivity index (χ0n) is 15.5. The molecule has 0 bridgehead atoms. The van der Waals surface area contributed by atoms with Gasteiger partial charge in [-0.05, 0) is 61.9 Å². The van der Waals surface area contributed by atoms with Gasteiger partial charge in [-0.2, -0.15) is 4.98 Å². The Hall–Kier alpha value is -2.76. The van der Waals surface area contributed by atoms with Gasteiger partial charge in [-0.3, -0.25) is 9.36 Å². The number of nitrogens with two attached hydrogens (primary N) is 1. The highest BCUT2D eigenvalue weighted by atomic mass is 16.5. The van der Waals surface area contributed by atoms with Crippen molar-refractivity contribution in [2.75, 3.05) is 12.3 Å². The zero-order valence-corrected chi connectivity index (χ0v) is 15.5. The average molecular weight is 352 g/mol. The topological polar surface area (TPSA) is 75.1 Å². The molecule has 0 atom stereocenters. The Bertz CT molecular complexity index is 1020. The number of aromatic nitrogens is 3. The quantitative estimate of drug-likeness (QED) is 0.716. The standard InChI is InChI=1S/C20H24N4O2/c1-4-26-20-22-18-16(21)8-14(9-17(18)24(20)10-13-5-6-13)15-7-12(2)19(25)23(3)11-15/h7-9,11,13H,4-6,10,21H2,1-3H3. The van der Waals surface area contributed by atoms with E-state index >= 15 is 0 Å². The molecule has 6 nitrogen and oxygen atoms in total. The van der Waals surface area contributed by atoms with Crippen LogP contribution < -0.4 is 16.0 Å². The molecule has 0 aliphatic heterocycles. The van der Waals surface area contributed by atoms with Crippen LogP contribution in [0.4, 0.5) is 5.69 Å². The molecule has 0 radical (unpaired) electrons. The van der Waals surface area contributed by atoms with Gasteiger partial charge in [0.05, 0.1) is 17.8 Å². The van der Waals surface area contributed by atoms with Crippen LogP contribution in [0.1, 0.15) is 25.3 Å². The van der Waals surface area contributed by atoms with Gasteiger partial charge >= 0.3 is 0 Å². The molecule has 0 unspecified atom stereocenters. The first kappa shape index (κ1) is 16.7. The van der Waals surface area contributed by atoms with Crippen molar-refractivity contribution < 1.29 is 4.74 Å². The van der Waals surface area contributed by atoms with Crippen LogP contribution in [0, 0.1) is 12.8 Å². The number of hydrogen-bond donors (Lipinski definition) is 1. The number of nitrogen functional groups attached to an aromatic ring is 1. The summed E-state index contributed by atoms with van der Waals surface area (Å²) >= 11 is 0. The van der Waals surface area contributed by atoms with Crippen molar-refractivity contribution in [2.24, 2.45) is 13.0 Å². The Kier molecular flexibility index (Phi) is 3.98. The fourth-order valence-electron chi connectivity index (χ4n) is 3.40. The summed E-state index contributed by atoms with van der Waals surface area (Å²) in [5.41, 5.74) is 11.4. The monoisotopic (exact) mass is 352 g/mol. The molecule has 0 amide bonds. The minimum absolute atomic E-state index is 0.0141. The summed E-state index contributed by atoms with van der Waals surface area (Å²) in [7, 11) is 1.77. The van der Waals surface area contributed by atoms with E-state index in [1.54, 1.807) is 11.6 Å². The van der Waals surface area contributed by atoms with Crippen LogP contribution in [-0.4, -0.2) is 20.7 Å². The van der Waals surface area contributed by atoms with Gasteiger partial charge in [-0.1, -0.05) is 0 Å². The van der Waals surface area contributed by atoms with Crippen molar-refractivity contribution in [3.8, 4) is 17.1 Å². The van der Waals surface area contributed by atoms with Gasteiger partial charge in [-0.25, -0.2) is 0 Å². The lowest BCUT2D eigenvalue weighted by molar-refractivity contribution is 0.296. The molecule has 1 aromatic carbocycles. The highest BCUT2D eigenvalue weighted by Crippen LogP contribution is 2.36. The number of nitrogens with zero attached hydrogens (tertiary/aromatic N) is 3. The fraction of sp³-hybridized carbons (Fsp3) is 0.400. The molecule has 6 heteroatoms. The lowest BCUT2D eigenvalue weighted by Crippen LogP contribution is -2.18. The van der Waals surface area contributed by atoms with Crippen LogP contribution >= 0.6 is 0 Å². The lowest BCUT2D eigenvalue weighted by atomic mass is 10.0. The molecule has 0 saturated heterocycles. The highest BCUT2D eigenvalue weighted by molar-refractivity contribution is 5.93. The third kappa shape index (κ3) is 2.85. The second-order valence-electron chi connectivity index (χ2n) is 7.14. The summed E-state index contributed by atoms with van der Waals surface area (Å²) in [6, 6.07) is 6.57. The number of anilines is 1. The molecule has 1 fully saturated rings. The Morgan fingerprint density at radius 3 is 2.69 bits per heavy atom. The van der Waals surface area contributed by atoms with Gasteiger partial charge in [0.2, 0.25) is 0 Å². The van der Waals surface area contributed by atoms with E-state index in [-0.39, 0.29) is 5.56 Å². The molecule has 4 rings (SSSR count). The first-order valence-corrected chi connectivity index (χ1v) is 9.08. The summed E-state index contributed by atoms with van der Waals surface area (Å²) in [4.78, 5) is 16.6. The van der Waals surface area contributed by atoms with E-state index in [2.05, 4.69) is 15.6 Å². The van der Waals surface area contributed by atoms with Gasteiger partial charge in [0.25, 0.3) is 11.6 Å². The number of imidazole rings is 1. The highest BCUT2D eigenvalue weighted by Gasteiger charge is 2.25. The minimum atomic E-state index is 0.0141. The number of pyridine rings is 1. The van der Waals surface area contributed by atoms with Crippen molar-refractivity contribution in [1.29, 1.82) is 0 Å². The molecule has 2 heterocycles. The molecule has 1 aliphatic carbocycles. The van der Waals surface area contributed by atoms with Crippen LogP contribution in [0.25, 0.3) is 22.2 Å². The van der Waals surface area contributed by atoms with Gasteiger partial charge in [0, 0.05) is 25.4 Å². The lowest BCUT2D eigenvalue weighted by Gasteiger charge is -2.10. The van der Waals surface area contributed by atoms with E-state index in [4.69, 9.17) is 10.5 Å². The second kappa shape index (κ2) is 6.20. The smallest absolute Gasteiger partial charge is 0.297 e. The maximum absolute atomic E-state index is 12.0. The fourth-order valence-corrected chi connectivity index (χ4v) is 3.40. The summed E-state index contributed by atoms with van der Waals surface area (Å²) < 4.78 is 9.51. The van der Waals surface area contributed by atoms with E-state index < -0.39 is 0 Å². The average Bonchev–Trinajstić information content (AvgIpc) is 3.36. The van der Waals surface area contributed by atoms with Gasteiger partial charge in [0.15, 0.2) is 0 Å². The second-order valence-corrected chi connectivity index (χ2v) is 7.14. The Balaban J connectivity index is 1.90. The number of fused-ring (bicyclic) bond motifs is 1. The SMILES string of the molecule is CCOc1nc2c(N)cc(-c3cc(C)c(=O)n(C)c3)cc2n1CC1CC1. The Morgan fingerprint density at radius 2 is 2.04 bits per heavy atom. The van der Waals surface area contributed by atoms with E-state index in [0.29, 0.717) is 29.8 Å². The first-order chi connectivity index (χ1) is 12.5. The van der Waals surface area contributed by atoms with Gasteiger partial charge in [0.1, 0.15) is 5.52 Å². The number of aryl methyl sites for hydroxylation is 2. The molecule has 26 heavy (non-hydrogen) atoms. The van der Waals surface area contributed by atoms with E-state index in [0.717, 1.165) is 28.7 Å². The van der Waals surface area contributed by atoms with Crippen molar-refractivity contribution in [3.63, 3.8) is 0 Å². The largest absolute Gasteiger partial charge is 0.465 e. The molecule has 1 aliphatic rings. The van der Waals surface area contributed by atoms with E-state index in [1.165, 1.54) is 12.8 Å². The summed E-state index contributed by atoms with van der Waals surface area (Å²) in [6.07, 6.45) is 4.35. The van der Waals surface area contributed by atoms with E-state index in [9.17, 15) is 4.79 Å². The zero-order chi connectivity index (χ0) is 18.4. The van der Waals surface area contributed by atoms with Crippen LogP contribution in [0.5, 0.6) is 6.01 Å². The molecule has 2 N–H and O–H groups in total. The molecule has 3 aromatic rings. The molecule has 1 saturated carbocycles. The predicted octanol–water partition coefficient (Wildman–Crippen LogP) is 3.10. The maximum Gasteiger partial charge on any atom is 0.297 e. The molecular weight excluding hydrogens is 328 g/mol. The summed E-state index contributed by atoms with van der Waals surface area (Å²) in [5.74, 6) is 0.691. The van der Waals surface area contributed by atoms with Gasteiger partial charge in [-0.15, -0.1) is 0 Å². The minimum Gasteiger partial charge on any atom is -0.465 e. The molecule has 136 valence electrons. The predicted molar refractivity (Wildman–Crippen MR) is 103 cm³/mol. The van der Waals surface area contributed by atoms with E-state index in [1.807, 2.05) is 32.2 Å². The van der Waals surface area contributed by atoms with Crippen LogP contribution in [0.15, 0.2) is 29.2 Å². The van der Waals surface area contributed by atoms with Gasteiger partial charge < -0.3 is 15.0 Å². The van der Waals surface area contributed by atoms with Crippen molar-refractivity contribution in [1.82, 2.24) is 14.1 Å². The number of benzene rings is 1. The van der Waals surface area contributed by atoms with Crippen molar-refractivity contribution >= 4 is 16.7 Å². The summed E-state index contributed by atoms with van der Waals surface area (Å²) in [6.45, 7) is 5.27. The molecular formula is C20H24N4O2. The van der Waals surface area contributed by atoms with Crippen LogP contribution in [-0.2, 0) is 13.6 Å². The summed E-state index contributed by atoms with van der Waals surface area (Å²) in [5, 5.41) is 0. The first-order valence-electron chi connectivity index (χ1n) is 9.08. The normalized spacial score (nSPS) is 14.1. The molecule has 2 aromatic heterocycles. The third-order valence-corrected chi connectivity index (χ3v) is 4.96. The number of ether oxygens (including phenoxy) is 1. The van der Waals surface area contributed by atoms with Crippen molar-refractivity contribution in [3.05, 3.63) is 40.3 Å². The number of rotatable bonds is 5. The Morgan fingerprint density at radius 1 is 1.27 bits per heavy atom. The van der Waals surface area contributed by atoms with Crippen LogP contribution in [0.2, 0.25) is 0 Å².